The first-order valence-corrected chi connectivity index (χ1v) is 14.6. The average Bonchev–Trinajstić information content (AvgIpc) is 3.52. The summed E-state index contributed by atoms with van der Waals surface area (Å²) in [7, 11) is 0. The van der Waals surface area contributed by atoms with Crippen LogP contribution in [0.4, 0.5) is 0 Å². The molecule has 2 bridgehead atoms. The number of rotatable bonds is 4. The van der Waals surface area contributed by atoms with E-state index in [0.717, 1.165) is 69.6 Å². The summed E-state index contributed by atoms with van der Waals surface area (Å²) >= 11 is 0. The lowest BCUT2D eigenvalue weighted by atomic mass is 9.45. The van der Waals surface area contributed by atoms with Crippen molar-refractivity contribution >= 4 is 5.91 Å². The van der Waals surface area contributed by atoms with Crippen molar-refractivity contribution in [2.45, 2.75) is 80.1 Å². The third-order valence-corrected chi connectivity index (χ3v) is 11.3. The topological polar surface area (TPSA) is 85.7 Å². The molecular formula is C29H39N3O5. The van der Waals surface area contributed by atoms with E-state index < -0.39 is 11.0 Å². The third kappa shape index (κ3) is 2.96. The second kappa shape index (κ2) is 7.84. The summed E-state index contributed by atoms with van der Waals surface area (Å²) in [6, 6.07) is 3.94. The number of aliphatic hydroxyl groups is 1. The van der Waals surface area contributed by atoms with Gasteiger partial charge in [-0.05, 0) is 82.0 Å². The molecule has 2 spiro atoms. The molecule has 0 unspecified atom stereocenters. The molecule has 1 aromatic carbocycles. The third-order valence-electron chi connectivity index (χ3n) is 11.3. The number of phenolic OH excluding ortho intramolecular Hbond substituents is 1. The number of carbonyl (C=O) groups excluding carboxylic acids is 1. The summed E-state index contributed by atoms with van der Waals surface area (Å²) in [6.07, 6.45) is 7.55. The smallest absolute Gasteiger partial charge is 0.236 e. The van der Waals surface area contributed by atoms with Gasteiger partial charge in [-0.15, -0.1) is 0 Å². The zero-order chi connectivity index (χ0) is 25.0. The molecular weight excluding hydrogens is 470 g/mol. The summed E-state index contributed by atoms with van der Waals surface area (Å²) in [6.45, 7) is 5.83. The number of phenols is 1. The average molecular weight is 510 g/mol. The van der Waals surface area contributed by atoms with Gasteiger partial charge < -0.3 is 24.6 Å². The highest BCUT2D eigenvalue weighted by molar-refractivity contribution is 5.78. The van der Waals surface area contributed by atoms with Crippen LogP contribution in [0.3, 0.4) is 0 Å². The molecule has 8 heteroatoms. The molecule has 4 aliphatic heterocycles. The molecule has 2 saturated carbocycles. The zero-order valence-corrected chi connectivity index (χ0v) is 21.7. The molecule has 200 valence electrons. The predicted octanol–water partition coefficient (Wildman–Crippen LogP) is 1.65. The van der Waals surface area contributed by atoms with Crippen LogP contribution in [0, 0.1) is 5.92 Å². The molecule has 8 nitrogen and oxygen atoms in total. The SMILES string of the molecule is O=C(CN1CCC[C@]12CC[C@@]1(O)[C@H]3Cc4ccc(O)c5c4[C@@]1(CCN3CC1CC1)[C@H]2O5)N1CCOCC1. The molecule has 1 aromatic rings. The maximum Gasteiger partial charge on any atom is 0.236 e. The molecule has 5 fully saturated rings. The van der Waals surface area contributed by atoms with Gasteiger partial charge >= 0.3 is 0 Å². The Morgan fingerprint density at radius 2 is 1.89 bits per heavy atom. The van der Waals surface area contributed by atoms with Crippen molar-refractivity contribution in [1.82, 2.24) is 14.7 Å². The molecule has 7 aliphatic rings. The van der Waals surface area contributed by atoms with Gasteiger partial charge in [-0.25, -0.2) is 0 Å². The van der Waals surface area contributed by atoms with Crippen LogP contribution >= 0.6 is 0 Å². The number of aromatic hydroxyl groups is 1. The molecule has 3 saturated heterocycles. The molecule has 8 rings (SSSR count). The van der Waals surface area contributed by atoms with E-state index >= 15 is 0 Å². The zero-order valence-electron chi connectivity index (χ0n) is 21.7. The van der Waals surface area contributed by atoms with Crippen LogP contribution < -0.4 is 4.74 Å². The van der Waals surface area contributed by atoms with Crippen molar-refractivity contribution in [2.24, 2.45) is 5.92 Å². The Kier molecular flexibility index (Phi) is 4.88. The van der Waals surface area contributed by atoms with Gasteiger partial charge in [-0.3, -0.25) is 14.6 Å². The van der Waals surface area contributed by atoms with Gasteiger partial charge in [0.15, 0.2) is 11.5 Å². The van der Waals surface area contributed by atoms with Gasteiger partial charge in [-0.1, -0.05) is 6.07 Å². The quantitative estimate of drug-likeness (QED) is 0.639. The van der Waals surface area contributed by atoms with E-state index in [9.17, 15) is 15.0 Å². The van der Waals surface area contributed by atoms with E-state index in [4.69, 9.17) is 9.47 Å². The minimum absolute atomic E-state index is 0.0816. The van der Waals surface area contributed by atoms with Crippen LogP contribution in [0.15, 0.2) is 12.1 Å². The van der Waals surface area contributed by atoms with Crippen molar-refractivity contribution in [1.29, 1.82) is 0 Å². The fourth-order valence-electron chi connectivity index (χ4n) is 9.43. The van der Waals surface area contributed by atoms with Crippen molar-refractivity contribution in [3.05, 3.63) is 23.3 Å². The number of morpholine rings is 1. The second-order valence-electron chi connectivity index (χ2n) is 12.9. The second-order valence-corrected chi connectivity index (χ2v) is 12.9. The van der Waals surface area contributed by atoms with E-state index in [2.05, 4.69) is 15.9 Å². The lowest BCUT2D eigenvalue weighted by Gasteiger charge is -2.67. The van der Waals surface area contributed by atoms with Gasteiger partial charge in [-0.2, -0.15) is 0 Å². The Morgan fingerprint density at radius 3 is 2.70 bits per heavy atom. The summed E-state index contributed by atoms with van der Waals surface area (Å²) in [4.78, 5) is 20.3. The number of amides is 1. The first-order valence-electron chi connectivity index (χ1n) is 14.6. The monoisotopic (exact) mass is 509 g/mol. The number of nitrogens with zero attached hydrogens (tertiary/aromatic N) is 3. The summed E-state index contributed by atoms with van der Waals surface area (Å²) in [5, 5.41) is 23.8. The molecule has 0 aromatic heterocycles. The predicted molar refractivity (Wildman–Crippen MR) is 136 cm³/mol. The maximum atomic E-state index is 13.4. The van der Waals surface area contributed by atoms with Crippen LogP contribution in [0.25, 0.3) is 0 Å². The Labute approximate surface area is 218 Å². The van der Waals surface area contributed by atoms with Gasteiger partial charge in [0, 0.05) is 31.2 Å². The summed E-state index contributed by atoms with van der Waals surface area (Å²) < 4.78 is 12.4. The van der Waals surface area contributed by atoms with Crippen molar-refractivity contribution in [3.8, 4) is 11.5 Å². The first-order chi connectivity index (χ1) is 18.0. The minimum Gasteiger partial charge on any atom is -0.504 e. The molecule has 5 atom stereocenters. The Balaban J connectivity index is 1.20. The maximum absolute atomic E-state index is 13.4. The van der Waals surface area contributed by atoms with E-state index in [0.29, 0.717) is 38.6 Å². The van der Waals surface area contributed by atoms with Gasteiger partial charge in [0.25, 0.3) is 0 Å². The standard InChI is InChI=1S/C29H39N3O5/c33-21-5-4-20-16-22-29(35)8-7-27(6-1-10-32(27)18-23(34)30-12-14-36-15-13-30)26-28(29,24(20)25(21)37-26)9-11-31(22)17-19-2-3-19/h4-5,19,22,26,33,35H,1-3,6-18H2/t22-,26+,27-,28+,29-/m1/s1. The van der Waals surface area contributed by atoms with E-state index in [1.54, 1.807) is 6.07 Å². The van der Waals surface area contributed by atoms with Crippen LogP contribution in [0.5, 0.6) is 11.5 Å². The van der Waals surface area contributed by atoms with Crippen LogP contribution in [0.1, 0.15) is 56.1 Å². The Hall–Kier alpha value is -1.87. The fourth-order valence-corrected chi connectivity index (χ4v) is 9.43. The van der Waals surface area contributed by atoms with Gasteiger partial charge in [0.05, 0.1) is 36.3 Å². The number of carbonyl (C=O) groups is 1. The number of ether oxygens (including phenoxy) is 2. The first kappa shape index (κ1) is 23.1. The lowest BCUT2D eigenvalue weighted by Crippen LogP contribution is -2.80. The molecule has 0 radical (unpaired) electrons. The molecule has 4 heterocycles. The molecule has 3 aliphatic carbocycles. The van der Waals surface area contributed by atoms with E-state index in [1.807, 2.05) is 4.90 Å². The molecule has 37 heavy (non-hydrogen) atoms. The van der Waals surface area contributed by atoms with Crippen molar-refractivity contribution in [3.63, 3.8) is 0 Å². The number of benzene rings is 1. The molecule has 1 amide bonds. The highest BCUT2D eigenvalue weighted by Crippen LogP contribution is 2.69. The number of piperidine rings is 1. The Bertz CT molecular complexity index is 1130. The summed E-state index contributed by atoms with van der Waals surface area (Å²) in [5.74, 6) is 1.73. The number of fused-ring (bicyclic) bond motifs is 1. The lowest BCUT2D eigenvalue weighted by molar-refractivity contribution is -0.217. The van der Waals surface area contributed by atoms with E-state index in [-0.39, 0.29) is 29.3 Å². The van der Waals surface area contributed by atoms with Gasteiger partial charge in [0.2, 0.25) is 5.91 Å². The number of hydrogen-bond donors (Lipinski definition) is 2. The summed E-state index contributed by atoms with van der Waals surface area (Å²) in [5.41, 5.74) is 0.578. The highest BCUT2D eigenvalue weighted by atomic mass is 16.5. The normalized spacial score (nSPS) is 40.6. The van der Waals surface area contributed by atoms with Crippen molar-refractivity contribution in [2.75, 3.05) is 52.5 Å². The van der Waals surface area contributed by atoms with E-state index in [1.165, 1.54) is 18.4 Å². The number of hydrogen-bond acceptors (Lipinski definition) is 7. The largest absolute Gasteiger partial charge is 0.504 e. The Morgan fingerprint density at radius 1 is 1.05 bits per heavy atom. The number of likely N-dealkylation sites (tertiary alicyclic amines) is 2. The minimum atomic E-state index is -0.884. The highest BCUT2D eigenvalue weighted by Gasteiger charge is 2.77. The fraction of sp³-hybridized carbons (Fsp3) is 0.759. The van der Waals surface area contributed by atoms with Gasteiger partial charge in [0.1, 0.15) is 6.10 Å². The van der Waals surface area contributed by atoms with Crippen molar-refractivity contribution < 1.29 is 24.5 Å². The van der Waals surface area contributed by atoms with Crippen LogP contribution in [0.2, 0.25) is 0 Å². The van der Waals surface area contributed by atoms with Crippen LogP contribution in [-0.2, 0) is 21.4 Å². The van der Waals surface area contributed by atoms with Crippen LogP contribution in [-0.4, -0.2) is 107 Å². The molecule has 2 N–H and O–H groups in total.